The number of nitro benzene ring substituents is 2. The van der Waals surface area contributed by atoms with E-state index in [0.29, 0.717) is 11.1 Å². The maximum absolute atomic E-state index is 12.6. The van der Waals surface area contributed by atoms with E-state index in [9.17, 15) is 50.2 Å². The summed E-state index contributed by atoms with van der Waals surface area (Å²) in [5.74, 6) is -2.03. The standard InChI is InChI=1S/C20H12N2O8.C20H14O4.CH4/c23-17-7-5-11(9-15(17)21(26)27)20(12-6-8-18(24)16(10-12)22(28)29)14-4-2-1-3-13(14)19(25)30-20;21-15-9-5-13(6-10-15)20(14-7-11-16(22)12-8-14)18-4-2-1-3-17(18)19(23)24-20;/h1-10,23-24H;1-12,21-22H;1H4. The van der Waals surface area contributed by atoms with Gasteiger partial charge >= 0.3 is 23.3 Å². The Balaban J connectivity index is 0.000000188. The van der Waals surface area contributed by atoms with Crippen molar-refractivity contribution in [2.45, 2.75) is 18.6 Å². The van der Waals surface area contributed by atoms with Gasteiger partial charge in [-0.3, -0.25) is 20.2 Å². The molecule has 8 rings (SSSR count). The van der Waals surface area contributed by atoms with E-state index in [1.54, 1.807) is 78.9 Å². The van der Waals surface area contributed by atoms with Crippen LogP contribution in [0.5, 0.6) is 23.0 Å². The van der Waals surface area contributed by atoms with Crippen molar-refractivity contribution in [3.05, 3.63) is 198 Å². The van der Waals surface area contributed by atoms with Crippen molar-refractivity contribution in [1.82, 2.24) is 0 Å². The molecule has 0 spiro atoms. The van der Waals surface area contributed by atoms with Gasteiger partial charge in [0, 0.05) is 45.5 Å². The number of fused-ring (bicyclic) bond motifs is 2. The van der Waals surface area contributed by atoms with Crippen LogP contribution in [0.25, 0.3) is 0 Å². The van der Waals surface area contributed by atoms with Gasteiger partial charge < -0.3 is 29.9 Å². The first-order chi connectivity index (χ1) is 25.9. The molecule has 6 aromatic rings. The molecule has 0 saturated heterocycles. The highest BCUT2D eigenvalue weighted by Gasteiger charge is 2.50. The quantitative estimate of drug-likeness (QED) is 0.0737. The molecular formula is C41H30N2O12. The zero-order valence-electron chi connectivity index (χ0n) is 27.7. The minimum absolute atomic E-state index is 0. The van der Waals surface area contributed by atoms with Gasteiger partial charge in [0.05, 0.1) is 21.0 Å². The fraction of sp³-hybridized carbons (Fsp3) is 0.0732. The molecule has 55 heavy (non-hydrogen) atoms. The molecule has 14 nitrogen and oxygen atoms in total. The van der Waals surface area contributed by atoms with E-state index in [2.05, 4.69) is 0 Å². The number of hydrogen-bond donors (Lipinski definition) is 4. The van der Waals surface area contributed by atoms with Crippen molar-refractivity contribution in [2.75, 3.05) is 0 Å². The maximum atomic E-state index is 12.6. The molecule has 0 radical (unpaired) electrons. The van der Waals surface area contributed by atoms with Gasteiger partial charge in [0.1, 0.15) is 11.5 Å². The molecule has 276 valence electrons. The average Bonchev–Trinajstić information content (AvgIpc) is 3.64. The Kier molecular flexibility index (Phi) is 9.43. The first-order valence-electron chi connectivity index (χ1n) is 16.1. The number of rotatable bonds is 6. The highest BCUT2D eigenvalue weighted by molar-refractivity contribution is 5.97. The van der Waals surface area contributed by atoms with Gasteiger partial charge in [0.25, 0.3) is 0 Å². The lowest BCUT2D eigenvalue weighted by molar-refractivity contribution is -0.386. The van der Waals surface area contributed by atoms with Crippen molar-refractivity contribution in [3.8, 4) is 23.0 Å². The summed E-state index contributed by atoms with van der Waals surface area (Å²) in [6, 6.07) is 33.6. The van der Waals surface area contributed by atoms with E-state index >= 15 is 0 Å². The Labute approximate surface area is 312 Å². The van der Waals surface area contributed by atoms with Gasteiger partial charge in [0.2, 0.25) is 0 Å². The van der Waals surface area contributed by atoms with Crippen LogP contribution in [-0.4, -0.2) is 42.2 Å². The summed E-state index contributed by atoms with van der Waals surface area (Å²) < 4.78 is 11.6. The van der Waals surface area contributed by atoms with Gasteiger partial charge in [-0.25, -0.2) is 9.59 Å². The van der Waals surface area contributed by atoms with Crippen LogP contribution in [0.3, 0.4) is 0 Å². The number of phenols is 4. The summed E-state index contributed by atoms with van der Waals surface area (Å²) in [6.07, 6.45) is 0. The van der Waals surface area contributed by atoms with Crippen LogP contribution in [0.4, 0.5) is 11.4 Å². The molecule has 0 aliphatic carbocycles. The van der Waals surface area contributed by atoms with E-state index in [-0.39, 0.29) is 35.6 Å². The molecule has 2 aliphatic rings. The molecule has 0 unspecified atom stereocenters. The predicted octanol–water partition coefficient (Wildman–Crippen LogP) is 7.57. The van der Waals surface area contributed by atoms with Crippen molar-refractivity contribution < 1.29 is 49.3 Å². The van der Waals surface area contributed by atoms with E-state index in [1.165, 1.54) is 18.2 Å². The summed E-state index contributed by atoms with van der Waals surface area (Å²) in [7, 11) is 0. The number of cyclic esters (lactones) is 2. The fourth-order valence-electron chi connectivity index (χ4n) is 6.79. The van der Waals surface area contributed by atoms with E-state index in [4.69, 9.17) is 9.47 Å². The number of hydrogen-bond acceptors (Lipinski definition) is 12. The molecule has 2 heterocycles. The van der Waals surface area contributed by atoms with Crippen LogP contribution in [0, 0.1) is 20.2 Å². The summed E-state index contributed by atoms with van der Waals surface area (Å²) in [5.41, 5.74) is -0.700. The van der Waals surface area contributed by atoms with Crippen molar-refractivity contribution >= 4 is 23.3 Å². The largest absolute Gasteiger partial charge is 0.508 e. The fourth-order valence-corrected chi connectivity index (χ4v) is 6.79. The third-order valence-electron chi connectivity index (χ3n) is 9.25. The molecular weight excluding hydrogens is 712 g/mol. The minimum Gasteiger partial charge on any atom is -0.508 e. The summed E-state index contributed by atoms with van der Waals surface area (Å²) in [6.45, 7) is 0. The number of carbonyl (C=O) groups excluding carboxylic acids is 2. The Morgan fingerprint density at radius 3 is 1.16 bits per heavy atom. The molecule has 2 aliphatic heterocycles. The number of esters is 2. The molecule has 6 aromatic carbocycles. The SMILES string of the molecule is C.O=C1OC(c2ccc(O)c([N+](=O)[O-])c2)(c2ccc(O)c([N+](=O)[O-])c2)c2ccccc21.O=C1OC(c2ccc(O)cc2)(c2ccc(O)cc2)c2ccccc21. The van der Waals surface area contributed by atoms with Crippen LogP contribution in [0.15, 0.2) is 133 Å². The van der Waals surface area contributed by atoms with Crippen LogP contribution in [0.1, 0.15) is 61.5 Å². The van der Waals surface area contributed by atoms with Gasteiger partial charge in [-0.2, -0.15) is 0 Å². The minimum atomic E-state index is -1.76. The number of benzene rings is 6. The highest BCUT2D eigenvalue weighted by atomic mass is 16.6. The van der Waals surface area contributed by atoms with Crippen molar-refractivity contribution in [1.29, 1.82) is 0 Å². The van der Waals surface area contributed by atoms with E-state index in [0.717, 1.165) is 41.0 Å². The average molecular weight is 743 g/mol. The second-order valence-corrected chi connectivity index (χ2v) is 12.2. The second-order valence-electron chi connectivity index (χ2n) is 12.2. The van der Waals surface area contributed by atoms with Crippen LogP contribution in [0.2, 0.25) is 0 Å². The van der Waals surface area contributed by atoms with E-state index in [1.807, 2.05) is 12.1 Å². The van der Waals surface area contributed by atoms with Crippen molar-refractivity contribution in [2.24, 2.45) is 0 Å². The normalized spacial score (nSPS) is 14.2. The molecule has 0 fully saturated rings. The number of carbonyl (C=O) groups is 2. The summed E-state index contributed by atoms with van der Waals surface area (Å²) in [4.78, 5) is 46.1. The third kappa shape index (κ3) is 6.06. The van der Waals surface area contributed by atoms with Gasteiger partial charge in [-0.15, -0.1) is 0 Å². The van der Waals surface area contributed by atoms with E-state index < -0.39 is 55.9 Å². The number of aromatic hydroxyl groups is 4. The number of nitrogens with zero attached hydrogens (tertiary/aromatic N) is 2. The maximum Gasteiger partial charge on any atom is 0.340 e. The van der Waals surface area contributed by atoms with Gasteiger partial charge in [-0.05, 0) is 48.5 Å². The topological polar surface area (TPSA) is 220 Å². The molecule has 0 bridgehead atoms. The van der Waals surface area contributed by atoms with Gasteiger partial charge in [-0.1, -0.05) is 80.2 Å². The lowest BCUT2D eigenvalue weighted by Gasteiger charge is -2.30. The Morgan fingerprint density at radius 2 is 0.800 bits per heavy atom. The van der Waals surface area contributed by atoms with Crippen molar-refractivity contribution in [3.63, 3.8) is 0 Å². The Bertz CT molecular complexity index is 2390. The highest BCUT2D eigenvalue weighted by Crippen LogP contribution is 2.50. The molecule has 0 amide bonds. The summed E-state index contributed by atoms with van der Waals surface area (Å²) in [5, 5.41) is 61.5. The van der Waals surface area contributed by atoms with Crippen LogP contribution in [-0.2, 0) is 20.7 Å². The first-order valence-corrected chi connectivity index (χ1v) is 16.1. The van der Waals surface area contributed by atoms with Gasteiger partial charge in [0.15, 0.2) is 22.7 Å². The second kappa shape index (κ2) is 14.0. The molecule has 0 saturated carbocycles. The number of phenolic OH excluding ortho intramolecular Hbond substituents is 4. The zero-order chi connectivity index (χ0) is 38.4. The molecule has 4 N–H and O–H groups in total. The third-order valence-corrected chi connectivity index (χ3v) is 9.25. The molecule has 0 atom stereocenters. The predicted molar refractivity (Wildman–Crippen MR) is 196 cm³/mol. The van der Waals surface area contributed by atoms with Crippen LogP contribution >= 0.6 is 0 Å². The lowest BCUT2D eigenvalue weighted by atomic mass is 9.79. The first kappa shape index (κ1) is 37.0. The smallest absolute Gasteiger partial charge is 0.340 e. The zero-order valence-corrected chi connectivity index (χ0v) is 27.7. The number of ether oxygens (including phenoxy) is 2. The molecule has 0 aromatic heterocycles. The summed E-state index contributed by atoms with van der Waals surface area (Å²) >= 11 is 0. The number of nitro groups is 2. The molecule has 14 heteroatoms. The Hall–Kier alpha value is -7.74. The lowest BCUT2D eigenvalue weighted by Crippen LogP contribution is -2.29. The van der Waals surface area contributed by atoms with Crippen LogP contribution < -0.4 is 0 Å². The Morgan fingerprint density at radius 1 is 0.473 bits per heavy atom. The monoisotopic (exact) mass is 742 g/mol.